The number of carbonyl (C=O) groups excluding carboxylic acids is 2. The summed E-state index contributed by atoms with van der Waals surface area (Å²) in [6, 6.07) is 17.4. The van der Waals surface area contributed by atoms with Crippen LogP contribution in [0.15, 0.2) is 60.8 Å². The van der Waals surface area contributed by atoms with E-state index in [1.54, 1.807) is 6.20 Å². The number of aromatic amines is 1. The first-order chi connectivity index (χ1) is 14.2. The number of H-pyrrole nitrogens is 1. The number of ether oxygens (including phenoxy) is 1. The molecule has 1 aliphatic heterocycles. The molecule has 1 fully saturated rings. The average Bonchev–Trinajstić information content (AvgIpc) is 3.19. The number of carbonyl (C=O) groups is 2. The van der Waals surface area contributed by atoms with Crippen LogP contribution in [0.2, 0.25) is 0 Å². The first kappa shape index (κ1) is 19.2. The minimum absolute atomic E-state index is 0.100. The zero-order valence-electron chi connectivity index (χ0n) is 16.3. The van der Waals surface area contributed by atoms with Crippen molar-refractivity contribution in [2.45, 2.75) is 6.42 Å². The van der Waals surface area contributed by atoms with Crippen LogP contribution < -0.4 is 4.74 Å². The monoisotopic (exact) mass is 391 g/mol. The van der Waals surface area contributed by atoms with Gasteiger partial charge in [0, 0.05) is 48.8 Å². The molecule has 0 radical (unpaired) electrons. The van der Waals surface area contributed by atoms with Gasteiger partial charge in [0.2, 0.25) is 5.91 Å². The summed E-state index contributed by atoms with van der Waals surface area (Å²) < 4.78 is 5.61. The molecule has 1 amide bonds. The van der Waals surface area contributed by atoms with E-state index in [1.165, 1.54) is 0 Å². The van der Waals surface area contributed by atoms with E-state index >= 15 is 0 Å². The molecule has 2 aromatic carbocycles. The van der Waals surface area contributed by atoms with Gasteiger partial charge < -0.3 is 14.6 Å². The third-order valence-electron chi connectivity index (χ3n) is 5.31. The Bertz CT molecular complexity index is 975. The van der Waals surface area contributed by atoms with Gasteiger partial charge in [-0.25, -0.2) is 0 Å². The highest BCUT2D eigenvalue weighted by Gasteiger charge is 2.23. The van der Waals surface area contributed by atoms with E-state index in [0.717, 1.165) is 22.2 Å². The number of piperazine rings is 1. The van der Waals surface area contributed by atoms with Gasteiger partial charge in [-0.3, -0.25) is 14.5 Å². The van der Waals surface area contributed by atoms with E-state index in [9.17, 15) is 9.59 Å². The normalized spacial score (nSPS) is 14.8. The number of amides is 1. The second-order valence-corrected chi connectivity index (χ2v) is 7.24. The van der Waals surface area contributed by atoms with Crippen LogP contribution in [0.5, 0.6) is 5.75 Å². The van der Waals surface area contributed by atoms with Gasteiger partial charge in [-0.15, -0.1) is 0 Å². The molecule has 0 bridgehead atoms. The van der Waals surface area contributed by atoms with E-state index in [2.05, 4.69) is 9.88 Å². The van der Waals surface area contributed by atoms with Gasteiger partial charge in [-0.05, 0) is 18.2 Å². The molecular weight excluding hydrogens is 366 g/mol. The largest absolute Gasteiger partial charge is 0.493 e. The number of rotatable bonds is 7. The maximum atomic E-state index is 12.7. The number of para-hydroxylation sites is 2. The number of hydrogen-bond acceptors (Lipinski definition) is 4. The summed E-state index contributed by atoms with van der Waals surface area (Å²) in [5.74, 6) is 0.989. The van der Waals surface area contributed by atoms with Crippen LogP contribution >= 0.6 is 0 Å². The fourth-order valence-electron chi connectivity index (χ4n) is 3.68. The number of hydrogen-bond donors (Lipinski definition) is 1. The molecule has 1 aromatic heterocycles. The highest BCUT2D eigenvalue weighted by Crippen LogP contribution is 2.19. The number of nitrogens with zero attached hydrogens (tertiary/aromatic N) is 2. The number of benzene rings is 2. The Kier molecular flexibility index (Phi) is 5.91. The zero-order valence-corrected chi connectivity index (χ0v) is 16.3. The molecule has 1 aliphatic rings. The summed E-state index contributed by atoms with van der Waals surface area (Å²) in [4.78, 5) is 32.3. The Morgan fingerprint density at radius 3 is 2.45 bits per heavy atom. The topological polar surface area (TPSA) is 65.6 Å². The summed E-state index contributed by atoms with van der Waals surface area (Å²) in [6.07, 6.45) is 2.16. The average molecular weight is 391 g/mol. The van der Waals surface area contributed by atoms with Gasteiger partial charge >= 0.3 is 0 Å². The Labute approximate surface area is 170 Å². The summed E-state index contributed by atoms with van der Waals surface area (Å²) in [7, 11) is 0. The maximum Gasteiger partial charge on any atom is 0.226 e. The molecule has 3 aromatic rings. The van der Waals surface area contributed by atoms with Crippen LogP contribution in [0, 0.1) is 0 Å². The van der Waals surface area contributed by atoms with E-state index in [-0.39, 0.29) is 11.7 Å². The van der Waals surface area contributed by atoms with Gasteiger partial charge in [-0.2, -0.15) is 0 Å². The predicted molar refractivity (Wildman–Crippen MR) is 112 cm³/mol. The lowest BCUT2D eigenvalue weighted by atomic mass is 10.1. The second-order valence-electron chi connectivity index (χ2n) is 7.24. The van der Waals surface area contributed by atoms with Crippen molar-refractivity contribution in [2.75, 3.05) is 39.3 Å². The fraction of sp³-hybridized carbons (Fsp3) is 0.304. The number of ketones is 1. The molecule has 29 heavy (non-hydrogen) atoms. The summed E-state index contributed by atoms with van der Waals surface area (Å²) in [5.41, 5.74) is 1.71. The van der Waals surface area contributed by atoms with Crippen molar-refractivity contribution in [2.24, 2.45) is 0 Å². The van der Waals surface area contributed by atoms with E-state index in [1.807, 2.05) is 59.5 Å². The molecule has 150 valence electrons. The lowest BCUT2D eigenvalue weighted by Gasteiger charge is -2.34. The third kappa shape index (κ3) is 4.66. The lowest BCUT2D eigenvalue weighted by Crippen LogP contribution is -2.50. The third-order valence-corrected chi connectivity index (χ3v) is 5.31. The molecular formula is C23H25N3O3. The lowest BCUT2D eigenvalue weighted by molar-refractivity contribution is -0.133. The Hall–Kier alpha value is -3.12. The Morgan fingerprint density at radius 2 is 1.66 bits per heavy atom. The first-order valence-corrected chi connectivity index (χ1v) is 9.98. The van der Waals surface area contributed by atoms with Crippen LogP contribution in [0.1, 0.15) is 16.8 Å². The van der Waals surface area contributed by atoms with E-state index in [4.69, 9.17) is 4.74 Å². The van der Waals surface area contributed by atoms with Crippen molar-refractivity contribution < 1.29 is 14.3 Å². The molecule has 0 spiro atoms. The number of nitrogens with one attached hydrogen (secondary N) is 1. The molecule has 0 aliphatic carbocycles. The van der Waals surface area contributed by atoms with Crippen molar-refractivity contribution in [3.05, 3.63) is 66.4 Å². The standard InChI is InChI=1S/C23H25N3O3/c27-22(20-16-24-21-9-5-4-8-19(20)21)17-25-11-13-26(14-12-25)23(28)10-15-29-18-6-2-1-3-7-18/h1-9,16,24H,10-15,17H2. The van der Waals surface area contributed by atoms with Crippen LogP contribution in [0.25, 0.3) is 10.9 Å². The van der Waals surface area contributed by atoms with Crippen LogP contribution in [0.3, 0.4) is 0 Å². The molecule has 6 heteroatoms. The molecule has 1 N–H and O–H groups in total. The van der Waals surface area contributed by atoms with Crippen LogP contribution in [0.4, 0.5) is 0 Å². The van der Waals surface area contributed by atoms with Crippen molar-refractivity contribution in [1.82, 2.24) is 14.8 Å². The summed E-state index contributed by atoms with van der Waals surface area (Å²) >= 11 is 0. The number of Topliss-reactive ketones (excluding diaryl/α,β-unsaturated/α-hetero) is 1. The molecule has 6 nitrogen and oxygen atoms in total. The zero-order chi connectivity index (χ0) is 20.1. The number of aromatic nitrogens is 1. The van der Waals surface area contributed by atoms with Gasteiger partial charge in [0.15, 0.2) is 5.78 Å². The predicted octanol–water partition coefficient (Wildman–Crippen LogP) is 2.96. The molecule has 0 saturated carbocycles. The SMILES string of the molecule is O=C(CN1CCN(C(=O)CCOc2ccccc2)CC1)c1c[nH]c2ccccc12. The van der Waals surface area contributed by atoms with Gasteiger partial charge in [0.05, 0.1) is 19.6 Å². The minimum atomic E-state index is 0.100. The number of fused-ring (bicyclic) bond motifs is 1. The van der Waals surface area contributed by atoms with Crippen molar-refractivity contribution in [3.8, 4) is 5.75 Å². The highest BCUT2D eigenvalue weighted by atomic mass is 16.5. The van der Waals surface area contributed by atoms with Gasteiger partial charge in [0.1, 0.15) is 5.75 Å². The van der Waals surface area contributed by atoms with Crippen molar-refractivity contribution >= 4 is 22.6 Å². The van der Waals surface area contributed by atoms with Crippen LogP contribution in [-0.2, 0) is 4.79 Å². The smallest absolute Gasteiger partial charge is 0.226 e. The quantitative estimate of drug-likeness (QED) is 0.629. The highest BCUT2D eigenvalue weighted by molar-refractivity contribution is 6.08. The Morgan fingerprint density at radius 1 is 0.931 bits per heavy atom. The summed E-state index contributed by atoms with van der Waals surface area (Å²) in [6.45, 7) is 3.46. The fourth-order valence-corrected chi connectivity index (χ4v) is 3.68. The summed E-state index contributed by atoms with van der Waals surface area (Å²) in [5, 5.41) is 0.963. The first-order valence-electron chi connectivity index (χ1n) is 9.98. The van der Waals surface area contributed by atoms with Crippen LogP contribution in [-0.4, -0.2) is 65.8 Å². The van der Waals surface area contributed by atoms with E-state index in [0.29, 0.717) is 45.8 Å². The Balaban J connectivity index is 1.23. The minimum Gasteiger partial charge on any atom is -0.493 e. The maximum absolute atomic E-state index is 12.7. The van der Waals surface area contributed by atoms with Crippen molar-refractivity contribution in [1.29, 1.82) is 0 Å². The second kappa shape index (κ2) is 8.92. The van der Waals surface area contributed by atoms with Gasteiger partial charge in [0.25, 0.3) is 0 Å². The molecule has 0 unspecified atom stereocenters. The molecule has 1 saturated heterocycles. The molecule has 4 rings (SSSR count). The van der Waals surface area contributed by atoms with Crippen molar-refractivity contribution in [3.63, 3.8) is 0 Å². The van der Waals surface area contributed by atoms with E-state index < -0.39 is 0 Å². The van der Waals surface area contributed by atoms with Gasteiger partial charge in [-0.1, -0.05) is 36.4 Å². The molecule has 2 heterocycles. The molecule has 0 atom stereocenters.